The maximum Gasteiger partial charge on any atom is 0.348 e. The van der Waals surface area contributed by atoms with Gasteiger partial charge in [0.05, 0.1) is 0 Å². The van der Waals surface area contributed by atoms with Crippen molar-refractivity contribution in [2.45, 2.75) is 38.7 Å². The molecule has 0 bridgehead atoms. The Morgan fingerprint density at radius 2 is 2.19 bits per heavy atom. The van der Waals surface area contributed by atoms with Gasteiger partial charge in [-0.3, -0.25) is 0 Å². The molecule has 0 aliphatic carbocycles. The van der Waals surface area contributed by atoms with Crippen LogP contribution in [0.5, 0.6) is 5.75 Å². The molecule has 1 aromatic rings. The van der Waals surface area contributed by atoms with Crippen LogP contribution < -0.4 is 4.74 Å². The fourth-order valence-electron chi connectivity index (χ4n) is 2.02. The first-order valence-corrected chi connectivity index (χ1v) is 5.63. The van der Waals surface area contributed by atoms with E-state index in [4.69, 9.17) is 4.74 Å². The van der Waals surface area contributed by atoms with Crippen LogP contribution in [0.3, 0.4) is 0 Å². The van der Waals surface area contributed by atoms with Gasteiger partial charge < -0.3 is 9.84 Å². The lowest BCUT2D eigenvalue weighted by Gasteiger charge is -2.18. The second-order valence-corrected chi connectivity index (χ2v) is 4.35. The summed E-state index contributed by atoms with van der Waals surface area (Å²) in [5.74, 6) is -0.0456. The Hall–Kier alpha value is -1.35. The largest absolute Gasteiger partial charge is 0.424 e. The molecule has 1 heterocycles. The monoisotopic (exact) mass is 220 g/mol. The molecule has 3 heteroatoms. The lowest BCUT2D eigenvalue weighted by Crippen LogP contribution is -2.33. The van der Waals surface area contributed by atoms with Gasteiger partial charge in [0.25, 0.3) is 0 Å². The van der Waals surface area contributed by atoms with E-state index in [1.807, 2.05) is 26.0 Å². The van der Waals surface area contributed by atoms with Crippen LogP contribution in [-0.4, -0.2) is 11.1 Å². The van der Waals surface area contributed by atoms with Crippen molar-refractivity contribution in [3.8, 4) is 5.75 Å². The Kier molecular flexibility index (Phi) is 2.72. The van der Waals surface area contributed by atoms with E-state index in [1.54, 1.807) is 6.07 Å². The Morgan fingerprint density at radius 1 is 1.44 bits per heavy atom. The molecule has 0 fully saturated rings. The average molecular weight is 220 g/mol. The van der Waals surface area contributed by atoms with Crippen LogP contribution in [-0.2, 0) is 10.4 Å². The fourth-order valence-corrected chi connectivity index (χ4v) is 2.02. The third-order valence-electron chi connectivity index (χ3n) is 3.01. The minimum absolute atomic E-state index is 0.429. The van der Waals surface area contributed by atoms with Gasteiger partial charge in [-0.1, -0.05) is 25.0 Å². The number of rotatable bonds is 3. The Balaban J connectivity index is 2.41. The molecular formula is C13H16O3. The standard InChI is InChI=1S/C13H16O3/c1-3-4-7-13(15)10-8-9(2)5-6-11(10)16-12(13)14/h5-6,8,15H,3-4,7H2,1-2H3. The highest BCUT2D eigenvalue weighted by molar-refractivity contribution is 5.88. The zero-order valence-corrected chi connectivity index (χ0v) is 9.62. The van der Waals surface area contributed by atoms with Gasteiger partial charge >= 0.3 is 5.97 Å². The van der Waals surface area contributed by atoms with Gasteiger partial charge in [0, 0.05) is 5.56 Å². The molecule has 0 aromatic heterocycles. The molecule has 1 aliphatic rings. The maximum absolute atomic E-state index is 11.7. The number of hydrogen-bond donors (Lipinski definition) is 1. The Bertz CT molecular complexity index is 425. The molecule has 0 saturated heterocycles. The number of hydrogen-bond acceptors (Lipinski definition) is 3. The number of esters is 1. The summed E-state index contributed by atoms with van der Waals surface area (Å²) in [6.07, 6.45) is 2.18. The fraction of sp³-hybridized carbons (Fsp3) is 0.462. The molecule has 0 radical (unpaired) electrons. The van der Waals surface area contributed by atoms with Crippen LogP contribution in [0.4, 0.5) is 0 Å². The third kappa shape index (κ3) is 1.61. The molecule has 1 atom stereocenters. The van der Waals surface area contributed by atoms with Crippen molar-refractivity contribution in [1.82, 2.24) is 0 Å². The van der Waals surface area contributed by atoms with Gasteiger partial charge in [-0.15, -0.1) is 0 Å². The topological polar surface area (TPSA) is 46.5 Å². The summed E-state index contributed by atoms with van der Waals surface area (Å²) < 4.78 is 5.09. The molecule has 1 unspecified atom stereocenters. The molecule has 0 spiro atoms. The molecule has 16 heavy (non-hydrogen) atoms. The predicted molar refractivity (Wildman–Crippen MR) is 60.2 cm³/mol. The third-order valence-corrected chi connectivity index (χ3v) is 3.01. The van der Waals surface area contributed by atoms with Crippen molar-refractivity contribution in [3.05, 3.63) is 29.3 Å². The van der Waals surface area contributed by atoms with Crippen molar-refractivity contribution in [2.24, 2.45) is 0 Å². The molecular weight excluding hydrogens is 204 g/mol. The van der Waals surface area contributed by atoms with Gasteiger partial charge in [-0.2, -0.15) is 0 Å². The number of benzene rings is 1. The first kappa shape index (κ1) is 11.1. The van der Waals surface area contributed by atoms with Gasteiger partial charge in [-0.25, -0.2) is 4.79 Å². The second kappa shape index (κ2) is 3.91. The quantitative estimate of drug-likeness (QED) is 0.628. The lowest BCUT2D eigenvalue weighted by atomic mass is 9.89. The summed E-state index contributed by atoms with van der Waals surface area (Å²) in [5.41, 5.74) is 0.204. The first-order valence-electron chi connectivity index (χ1n) is 5.63. The van der Waals surface area contributed by atoms with E-state index >= 15 is 0 Å². The number of aliphatic hydroxyl groups is 1. The minimum atomic E-state index is -1.43. The van der Waals surface area contributed by atoms with Crippen LogP contribution in [0, 0.1) is 6.92 Å². The van der Waals surface area contributed by atoms with E-state index in [9.17, 15) is 9.90 Å². The summed E-state index contributed by atoms with van der Waals surface area (Å²) in [5, 5.41) is 10.4. The van der Waals surface area contributed by atoms with Crippen molar-refractivity contribution in [3.63, 3.8) is 0 Å². The van der Waals surface area contributed by atoms with Gasteiger partial charge in [0.2, 0.25) is 0 Å². The summed E-state index contributed by atoms with van der Waals surface area (Å²) in [6, 6.07) is 5.44. The van der Waals surface area contributed by atoms with E-state index in [0.29, 0.717) is 17.7 Å². The number of aryl methyl sites for hydroxylation is 1. The van der Waals surface area contributed by atoms with Crippen molar-refractivity contribution in [2.75, 3.05) is 0 Å². The van der Waals surface area contributed by atoms with Crippen molar-refractivity contribution >= 4 is 5.97 Å². The van der Waals surface area contributed by atoms with E-state index in [2.05, 4.69) is 0 Å². The van der Waals surface area contributed by atoms with E-state index in [0.717, 1.165) is 18.4 Å². The van der Waals surface area contributed by atoms with Crippen LogP contribution >= 0.6 is 0 Å². The molecule has 1 aliphatic heterocycles. The normalized spacial score (nSPS) is 23.1. The maximum atomic E-state index is 11.7. The zero-order chi connectivity index (χ0) is 11.8. The van der Waals surface area contributed by atoms with E-state index < -0.39 is 11.6 Å². The number of ether oxygens (including phenoxy) is 1. The average Bonchev–Trinajstić information content (AvgIpc) is 2.50. The molecule has 1 aromatic carbocycles. The Labute approximate surface area is 95.0 Å². The smallest absolute Gasteiger partial charge is 0.348 e. The van der Waals surface area contributed by atoms with Crippen molar-refractivity contribution in [1.29, 1.82) is 0 Å². The summed E-state index contributed by atoms with van der Waals surface area (Å²) in [7, 11) is 0. The molecule has 3 nitrogen and oxygen atoms in total. The number of carbonyl (C=O) groups is 1. The highest BCUT2D eigenvalue weighted by atomic mass is 16.6. The SMILES string of the molecule is CCCCC1(O)C(=O)Oc2ccc(C)cc21. The first-order chi connectivity index (χ1) is 7.58. The number of unbranched alkanes of at least 4 members (excludes halogenated alkanes) is 1. The summed E-state index contributed by atoms with van der Waals surface area (Å²) in [6.45, 7) is 3.96. The predicted octanol–water partition coefficient (Wildman–Crippen LogP) is 2.29. The van der Waals surface area contributed by atoms with Gasteiger partial charge in [0.1, 0.15) is 5.75 Å². The Morgan fingerprint density at radius 3 is 2.88 bits per heavy atom. The summed E-state index contributed by atoms with van der Waals surface area (Å²) in [4.78, 5) is 11.7. The molecule has 86 valence electrons. The van der Waals surface area contributed by atoms with Crippen LogP contribution in [0.2, 0.25) is 0 Å². The number of carbonyl (C=O) groups excluding carboxylic acids is 1. The van der Waals surface area contributed by atoms with Crippen LogP contribution in [0.15, 0.2) is 18.2 Å². The number of fused-ring (bicyclic) bond motifs is 1. The highest BCUT2D eigenvalue weighted by Crippen LogP contribution is 2.41. The van der Waals surface area contributed by atoms with E-state index in [1.165, 1.54) is 0 Å². The molecule has 1 N–H and O–H groups in total. The second-order valence-electron chi connectivity index (χ2n) is 4.35. The zero-order valence-electron chi connectivity index (χ0n) is 9.62. The van der Waals surface area contributed by atoms with Gasteiger partial charge in [-0.05, 0) is 31.9 Å². The van der Waals surface area contributed by atoms with Crippen molar-refractivity contribution < 1.29 is 14.6 Å². The lowest BCUT2D eigenvalue weighted by molar-refractivity contribution is -0.152. The molecule has 0 saturated carbocycles. The summed E-state index contributed by atoms with van der Waals surface area (Å²) >= 11 is 0. The minimum Gasteiger partial charge on any atom is -0.424 e. The molecule has 0 amide bonds. The molecule has 2 rings (SSSR count). The van der Waals surface area contributed by atoms with E-state index in [-0.39, 0.29) is 0 Å². The van der Waals surface area contributed by atoms with Gasteiger partial charge in [0.15, 0.2) is 5.60 Å². The van der Waals surface area contributed by atoms with Crippen LogP contribution in [0.25, 0.3) is 0 Å². The highest BCUT2D eigenvalue weighted by Gasteiger charge is 2.46. The van der Waals surface area contributed by atoms with Crippen LogP contribution in [0.1, 0.15) is 37.3 Å².